The van der Waals surface area contributed by atoms with Crippen molar-refractivity contribution in [2.75, 3.05) is 23.8 Å². The van der Waals surface area contributed by atoms with E-state index in [1.807, 2.05) is 12.1 Å². The van der Waals surface area contributed by atoms with Crippen molar-refractivity contribution in [2.45, 2.75) is 31.7 Å². The lowest BCUT2D eigenvalue weighted by Crippen LogP contribution is -2.29. The Hall–Kier alpha value is -0.740. The molecule has 0 aliphatic carbocycles. The van der Waals surface area contributed by atoms with Gasteiger partial charge in [0.25, 0.3) is 0 Å². The number of halogens is 1. The zero-order valence-corrected chi connectivity index (χ0v) is 11.5. The number of benzene rings is 1. The number of anilines is 2. The molecule has 0 bridgehead atoms. The topological polar surface area (TPSA) is 49.5 Å². The molecule has 1 unspecified atom stereocenters. The zero-order chi connectivity index (χ0) is 12.3. The van der Waals surface area contributed by atoms with E-state index in [4.69, 9.17) is 10.8 Å². The van der Waals surface area contributed by atoms with E-state index in [1.165, 1.54) is 18.5 Å². The molecule has 94 valence electrons. The molecule has 1 aliphatic heterocycles. The first kappa shape index (κ1) is 12.7. The minimum atomic E-state index is 0.285. The molecule has 0 radical (unpaired) electrons. The fourth-order valence-electron chi connectivity index (χ4n) is 2.54. The van der Waals surface area contributed by atoms with Gasteiger partial charge in [-0.3, -0.25) is 0 Å². The van der Waals surface area contributed by atoms with E-state index in [9.17, 15) is 0 Å². The van der Waals surface area contributed by atoms with E-state index in [0.717, 1.165) is 29.5 Å². The van der Waals surface area contributed by atoms with Crippen LogP contribution in [0.4, 0.5) is 11.4 Å². The van der Waals surface area contributed by atoms with Crippen molar-refractivity contribution in [3.05, 3.63) is 22.7 Å². The van der Waals surface area contributed by atoms with Gasteiger partial charge < -0.3 is 15.7 Å². The van der Waals surface area contributed by atoms with Gasteiger partial charge in [-0.25, -0.2) is 0 Å². The standard InChI is InChI=1S/C13H19BrN2O/c14-12-9-10(15)5-6-13(12)16-7-1-3-11(16)4-2-8-17/h5-6,9,11,17H,1-4,7-8,15H2. The molecular weight excluding hydrogens is 280 g/mol. The van der Waals surface area contributed by atoms with Gasteiger partial charge in [0.05, 0.1) is 5.69 Å². The molecule has 1 saturated heterocycles. The highest BCUT2D eigenvalue weighted by atomic mass is 79.9. The summed E-state index contributed by atoms with van der Waals surface area (Å²) in [6, 6.07) is 6.54. The molecule has 0 spiro atoms. The van der Waals surface area contributed by atoms with Gasteiger partial charge in [0.2, 0.25) is 0 Å². The Bertz CT molecular complexity index is 384. The Labute approximate surface area is 111 Å². The lowest BCUT2D eigenvalue weighted by molar-refractivity contribution is 0.279. The predicted molar refractivity (Wildman–Crippen MR) is 75.2 cm³/mol. The SMILES string of the molecule is Nc1ccc(N2CCCC2CCCO)c(Br)c1. The van der Waals surface area contributed by atoms with Crippen molar-refractivity contribution >= 4 is 27.3 Å². The minimum absolute atomic E-state index is 0.285. The summed E-state index contributed by atoms with van der Waals surface area (Å²) in [5.41, 5.74) is 7.77. The van der Waals surface area contributed by atoms with Gasteiger partial charge in [0.15, 0.2) is 0 Å². The predicted octanol–water partition coefficient (Wildman–Crippen LogP) is 2.77. The van der Waals surface area contributed by atoms with Crippen molar-refractivity contribution in [3.8, 4) is 0 Å². The summed E-state index contributed by atoms with van der Waals surface area (Å²) < 4.78 is 1.06. The van der Waals surface area contributed by atoms with Crippen LogP contribution in [0.1, 0.15) is 25.7 Å². The van der Waals surface area contributed by atoms with E-state index in [-0.39, 0.29) is 6.61 Å². The van der Waals surface area contributed by atoms with Crippen LogP contribution in [0.5, 0.6) is 0 Å². The third kappa shape index (κ3) is 2.93. The first-order chi connectivity index (χ1) is 8.22. The molecule has 1 aromatic rings. The zero-order valence-electron chi connectivity index (χ0n) is 9.90. The summed E-state index contributed by atoms with van der Waals surface area (Å²) >= 11 is 3.58. The monoisotopic (exact) mass is 298 g/mol. The summed E-state index contributed by atoms with van der Waals surface area (Å²) in [6.07, 6.45) is 4.39. The maximum absolute atomic E-state index is 8.93. The van der Waals surface area contributed by atoms with Crippen molar-refractivity contribution < 1.29 is 5.11 Å². The quantitative estimate of drug-likeness (QED) is 0.841. The molecular formula is C13H19BrN2O. The van der Waals surface area contributed by atoms with Crippen molar-refractivity contribution in [2.24, 2.45) is 0 Å². The molecule has 1 aliphatic rings. The first-order valence-corrected chi connectivity index (χ1v) is 6.94. The Morgan fingerprint density at radius 2 is 2.29 bits per heavy atom. The molecule has 17 heavy (non-hydrogen) atoms. The Balaban J connectivity index is 2.14. The number of rotatable bonds is 4. The van der Waals surface area contributed by atoms with Gasteiger partial charge >= 0.3 is 0 Å². The molecule has 0 aromatic heterocycles. The molecule has 1 aromatic carbocycles. The van der Waals surface area contributed by atoms with Crippen LogP contribution in [0, 0.1) is 0 Å². The summed E-state index contributed by atoms with van der Waals surface area (Å²) in [5, 5.41) is 8.93. The van der Waals surface area contributed by atoms with Crippen LogP contribution in [0.2, 0.25) is 0 Å². The Kier molecular flexibility index (Phi) is 4.29. The van der Waals surface area contributed by atoms with E-state index in [2.05, 4.69) is 26.9 Å². The number of nitrogens with two attached hydrogens (primary N) is 1. The fourth-order valence-corrected chi connectivity index (χ4v) is 3.16. The van der Waals surface area contributed by atoms with Crippen LogP contribution in [0.25, 0.3) is 0 Å². The van der Waals surface area contributed by atoms with E-state index in [0.29, 0.717) is 6.04 Å². The highest BCUT2D eigenvalue weighted by Gasteiger charge is 2.25. The molecule has 4 heteroatoms. The molecule has 1 atom stereocenters. The average Bonchev–Trinajstić information content (AvgIpc) is 2.74. The van der Waals surface area contributed by atoms with Crippen LogP contribution >= 0.6 is 15.9 Å². The van der Waals surface area contributed by atoms with Gasteiger partial charge in [-0.15, -0.1) is 0 Å². The van der Waals surface area contributed by atoms with Crippen molar-refractivity contribution in [3.63, 3.8) is 0 Å². The van der Waals surface area contributed by atoms with Crippen LogP contribution < -0.4 is 10.6 Å². The Morgan fingerprint density at radius 1 is 1.47 bits per heavy atom. The van der Waals surface area contributed by atoms with Gasteiger partial charge in [0, 0.05) is 29.4 Å². The highest BCUT2D eigenvalue weighted by Crippen LogP contribution is 2.34. The van der Waals surface area contributed by atoms with Gasteiger partial charge in [-0.2, -0.15) is 0 Å². The normalized spacial score (nSPS) is 19.9. The first-order valence-electron chi connectivity index (χ1n) is 6.15. The molecule has 1 fully saturated rings. The third-order valence-corrected chi connectivity index (χ3v) is 3.99. The van der Waals surface area contributed by atoms with Crippen LogP contribution in [0.15, 0.2) is 22.7 Å². The molecule has 0 amide bonds. The maximum atomic E-state index is 8.93. The molecule has 2 rings (SSSR count). The summed E-state index contributed by atoms with van der Waals surface area (Å²) in [5.74, 6) is 0. The Morgan fingerprint density at radius 3 is 3.00 bits per heavy atom. The average molecular weight is 299 g/mol. The van der Waals surface area contributed by atoms with Gasteiger partial charge in [-0.05, 0) is 59.8 Å². The van der Waals surface area contributed by atoms with E-state index < -0.39 is 0 Å². The maximum Gasteiger partial charge on any atom is 0.0514 e. The largest absolute Gasteiger partial charge is 0.399 e. The van der Waals surface area contributed by atoms with Crippen LogP contribution in [-0.4, -0.2) is 24.3 Å². The van der Waals surface area contributed by atoms with Gasteiger partial charge in [0.1, 0.15) is 0 Å². The van der Waals surface area contributed by atoms with E-state index in [1.54, 1.807) is 0 Å². The summed E-state index contributed by atoms with van der Waals surface area (Å²) in [7, 11) is 0. The minimum Gasteiger partial charge on any atom is -0.399 e. The number of aliphatic hydroxyl groups excluding tert-OH is 1. The van der Waals surface area contributed by atoms with Gasteiger partial charge in [-0.1, -0.05) is 0 Å². The smallest absolute Gasteiger partial charge is 0.0514 e. The number of nitrogens with zero attached hydrogens (tertiary/aromatic N) is 1. The lowest BCUT2D eigenvalue weighted by atomic mass is 10.1. The number of nitrogen functional groups attached to an aromatic ring is 1. The van der Waals surface area contributed by atoms with E-state index >= 15 is 0 Å². The third-order valence-electron chi connectivity index (χ3n) is 3.35. The van der Waals surface area contributed by atoms with Crippen molar-refractivity contribution in [1.82, 2.24) is 0 Å². The second-order valence-corrected chi connectivity index (χ2v) is 5.42. The van der Waals surface area contributed by atoms with Crippen molar-refractivity contribution in [1.29, 1.82) is 0 Å². The molecule has 3 nitrogen and oxygen atoms in total. The lowest BCUT2D eigenvalue weighted by Gasteiger charge is -2.28. The fraction of sp³-hybridized carbons (Fsp3) is 0.538. The molecule has 0 saturated carbocycles. The van der Waals surface area contributed by atoms with Crippen LogP contribution in [-0.2, 0) is 0 Å². The summed E-state index contributed by atoms with van der Waals surface area (Å²) in [6.45, 7) is 1.38. The second-order valence-electron chi connectivity index (χ2n) is 4.57. The molecule has 3 N–H and O–H groups in total. The highest BCUT2D eigenvalue weighted by molar-refractivity contribution is 9.10. The second kappa shape index (κ2) is 5.74. The van der Waals surface area contributed by atoms with Crippen LogP contribution in [0.3, 0.4) is 0 Å². The molecule has 1 heterocycles. The number of hydrogen-bond acceptors (Lipinski definition) is 3. The number of aliphatic hydroxyl groups is 1. The number of hydrogen-bond donors (Lipinski definition) is 2. The summed E-state index contributed by atoms with van der Waals surface area (Å²) in [4.78, 5) is 2.43.